The van der Waals surface area contributed by atoms with Crippen molar-refractivity contribution in [2.75, 3.05) is 20.3 Å². The highest BCUT2D eigenvalue weighted by molar-refractivity contribution is 7.91. The summed E-state index contributed by atoms with van der Waals surface area (Å²) in [6.07, 6.45) is 0.371. The maximum absolute atomic E-state index is 11.9. The minimum absolute atomic E-state index is 0.0321. The van der Waals surface area contributed by atoms with Crippen LogP contribution in [0.15, 0.2) is 16.3 Å². The molecule has 0 amide bonds. The van der Waals surface area contributed by atoms with Crippen LogP contribution in [0.4, 0.5) is 0 Å². The Kier molecular flexibility index (Phi) is 5.30. The molecule has 0 fully saturated rings. The van der Waals surface area contributed by atoms with Gasteiger partial charge in [0.1, 0.15) is 4.21 Å². The molecule has 0 radical (unpaired) electrons. The quantitative estimate of drug-likeness (QED) is 0.790. The Morgan fingerprint density at radius 2 is 2.17 bits per heavy atom. The predicted molar refractivity (Wildman–Crippen MR) is 71.4 cm³/mol. The summed E-state index contributed by atoms with van der Waals surface area (Å²) < 4.78 is 31.4. The third kappa shape index (κ3) is 4.66. The van der Waals surface area contributed by atoms with Gasteiger partial charge in [-0.1, -0.05) is 0 Å². The van der Waals surface area contributed by atoms with Crippen molar-refractivity contribution in [3.63, 3.8) is 0 Å². The summed E-state index contributed by atoms with van der Waals surface area (Å²) in [4.78, 5) is 0.932. The summed E-state index contributed by atoms with van der Waals surface area (Å²) in [7, 11) is -1.99. The van der Waals surface area contributed by atoms with E-state index in [0.717, 1.165) is 4.88 Å². The van der Waals surface area contributed by atoms with Crippen LogP contribution in [0.1, 0.15) is 18.2 Å². The molecular weight excluding hydrogens is 274 g/mol. The highest BCUT2D eigenvalue weighted by Gasteiger charge is 2.24. The fourth-order valence-corrected chi connectivity index (χ4v) is 3.78. The van der Waals surface area contributed by atoms with Crippen LogP contribution in [0.5, 0.6) is 0 Å². The molecule has 0 aromatic carbocycles. The van der Waals surface area contributed by atoms with Gasteiger partial charge >= 0.3 is 0 Å². The Morgan fingerprint density at radius 3 is 2.67 bits per heavy atom. The van der Waals surface area contributed by atoms with Crippen molar-refractivity contribution in [2.24, 2.45) is 0 Å². The number of thiophene rings is 1. The largest absolute Gasteiger partial charge is 0.389 e. The van der Waals surface area contributed by atoms with E-state index in [-0.39, 0.29) is 10.8 Å². The molecular formula is C11H19NO4S2. The number of ether oxygens (including phenoxy) is 1. The van der Waals surface area contributed by atoms with Gasteiger partial charge < -0.3 is 9.84 Å². The van der Waals surface area contributed by atoms with Crippen LogP contribution in [0.2, 0.25) is 0 Å². The Balaban J connectivity index is 2.62. The van der Waals surface area contributed by atoms with Crippen molar-refractivity contribution < 1.29 is 18.3 Å². The molecule has 1 heterocycles. The summed E-state index contributed by atoms with van der Waals surface area (Å²) in [6, 6.07) is 3.31. The summed E-state index contributed by atoms with van der Waals surface area (Å²) in [5, 5.41) is 9.96. The molecule has 1 aromatic heterocycles. The average Bonchev–Trinajstić information content (AvgIpc) is 2.72. The van der Waals surface area contributed by atoms with Crippen LogP contribution in [-0.2, 0) is 14.8 Å². The van der Waals surface area contributed by atoms with Gasteiger partial charge in [0, 0.05) is 31.6 Å². The molecule has 5 nitrogen and oxygen atoms in total. The smallest absolute Gasteiger partial charge is 0.250 e. The molecule has 0 bridgehead atoms. The lowest BCUT2D eigenvalue weighted by Gasteiger charge is -2.22. The van der Waals surface area contributed by atoms with Gasteiger partial charge in [0.05, 0.1) is 5.60 Å². The molecule has 104 valence electrons. The molecule has 0 saturated heterocycles. The summed E-state index contributed by atoms with van der Waals surface area (Å²) >= 11 is 1.21. The predicted octanol–water partition coefficient (Wildman–Crippen LogP) is 1.12. The van der Waals surface area contributed by atoms with E-state index in [1.165, 1.54) is 18.4 Å². The third-order valence-electron chi connectivity index (χ3n) is 2.47. The van der Waals surface area contributed by atoms with Crippen molar-refractivity contribution in [3.05, 3.63) is 17.0 Å². The summed E-state index contributed by atoms with van der Waals surface area (Å²) in [5.41, 5.74) is -1.12. The van der Waals surface area contributed by atoms with Crippen LogP contribution in [-0.4, -0.2) is 39.4 Å². The summed E-state index contributed by atoms with van der Waals surface area (Å²) in [6.45, 7) is 3.77. The van der Waals surface area contributed by atoms with E-state index in [1.54, 1.807) is 19.1 Å². The third-order valence-corrected chi connectivity index (χ3v) is 5.36. The molecule has 1 atom stereocenters. The standard InChI is InChI=1S/C11H19NO4S2/c1-9-4-5-10(17-9)18(14,15)12-8-11(2,13)6-7-16-3/h4-5,12-13H,6-8H2,1-3H3. The van der Waals surface area contributed by atoms with Crippen LogP contribution in [0.25, 0.3) is 0 Å². The molecule has 1 rings (SSSR count). The molecule has 0 saturated carbocycles. The molecule has 18 heavy (non-hydrogen) atoms. The van der Waals surface area contributed by atoms with Crippen LogP contribution < -0.4 is 4.72 Å². The zero-order chi connectivity index (χ0) is 13.8. The van der Waals surface area contributed by atoms with Crippen molar-refractivity contribution in [3.8, 4) is 0 Å². The topological polar surface area (TPSA) is 75.6 Å². The SMILES string of the molecule is COCCC(C)(O)CNS(=O)(=O)c1ccc(C)s1. The lowest BCUT2D eigenvalue weighted by Crippen LogP contribution is -2.41. The first-order chi connectivity index (χ1) is 8.27. The van der Waals surface area contributed by atoms with Crippen molar-refractivity contribution in [2.45, 2.75) is 30.1 Å². The Bertz CT molecular complexity index is 479. The first-order valence-corrected chi connectivity index (χ1v) is 7.84. The maximum atomic E-state index is 11.9. The van der Waals surface area contributed by atoms with Gasteiger partial charge in [-0.2, -0.15) is 0 Å². The minimum atomic E-state index is -3.53. The highest BCUT2D eigenvalue weighted by atomic mass is 32.2. The van der Waals surface area contributed by atoms with E-state index in [9.17, 15) is 13.5 Å². The number of rotatable bonds is 7. The zero-order valence-electron chi connectivity index (χ0n) is 10.8. The van der Waals surface area contributed by atoms with Gasteiger partial charge in [0.2, 0.25) is 10.0 Å². The molecule has 0 aliphatic heterocycles. The van der Waals surface area contributed by atoms with Crippen molar-refractivity contribution in [1.29, 1.82) is 0 Å². The van der Waals surface area contributed by atoms with Crippen LogP contribution >= 0.6 is 11.3 Å². The Hall–Kier alpha value is -0.470. The van der Waals surface area contributed by atoms with Gasteiger partial charge in [-0.15, -0.1) is 11.3 Å². The van der Waals surface area contributed by atoms with E-state index >= 15 is 0 Å². The van der Waals surface area contributed by atoms with Crippen LogP contribution in [0, 0.1) is 6.92 Å². The normalized spacial score (nSPS) is 15.6. The number of hydrogen-bond acceptors (Lipinski definition) is 5. The van der Waals surface area contributed by atoms with Crippen molar-refractivity contribution >= 4 is 21.4 Å². The number of aryl methyl sites for hydroxylation is 1. The Labute approximate surface area is 112 Å². The van der Waals surface area contributed by atoms with E-state index in [4.69, 9.17) is 4.74 Å². The van der Waals surface area contributed by atoms with E-state index < -0.39 is 15.6 Å². The number of aliphatic hydroxyl groups is 1. The average molecular weight is 293 g/mol. The van der Waals surface area contributed by atoms with Crippen molar-refractivity contribution in [1.82, 2.24) is 4.72 Å². The van der Waals surface area contributed by atoms with Crippen LogP contribution in [0.3, 0.4) is 0 Å². The second-order valence-electron chi connectivity index (χ2n) is 4.43. The summed E-state index contributed by atoms with van der Waals surface area (Å²) in [5.74, 6) is 0. The second-order valence-corrected chi connectivity index (χ2v) is 7.71. The molecule has 0 spiro atoms. The van der Waals surface area contributed by atoms with Gasteiger partial charge in [0.25, 0.3) is 0 Å². The molecule has 1 unspecified atom stereocenters. The van der Waals surface area contributed by atoms with Gasteiger partial charge in [-0.3, -0.25) is 0 Å². The molecule has 1 aromatic rings. The Morgan fingerprint density at radius 1 is 1.50 bits per heavy atom. The monoisotopic (exact) mass is 293 g/mol. The molecule has 0 aliphatic carbocycles. The minimum Gasteiger partial charge on any atom is -0.389 e. The fourth-order valence-electron chi connectivity index (χ4n) is 1.29. The first-order valence-electron chi connectivity index (χ1n) is 5.54. The van der Waals surface area contributed by atoms with E-state index in [2.05, 4.69) is 4.72 Å². The first kappa shape index (κ1) is 15.6. The lowest BCUT2D eigenvalue weighted by atomic mass is 10.0. The number of sulfonamides is 1. The number of hydrogen-bond donors (Lipinski definition) is 2. The highest BCUT2D eigenvalue weighted by Crippen LogP contribution is 2.20. The van der Waals surface area contributed by atoms with Gasteiger partial charge in [0.15, 0.2) is 0 Å². The van der Waals surface area contributed by atoms with Gasteiger partial charge in [-0.25, -0.2) is 13.1 Å². The number of methoxy groups -OCH3 is 1. The lowest BCUT2D eigenvalue weighted by molar-refractivity contribution is 0.0292. The second kappa shape index (κ2) is 6.12. The zero-order valence-corrected chi connectivity index (χ0v) is 12.4. The van der Waals surface area contributed by atoms with E-state index in [1.807, 2.05) is 6.92 Å². The van der Waals surface area contributed by atoms with E-state index in [0.29, 0.717) is 13.0 Å². The maximum Gasteiger partial charge on any atom is 0.250 e. The molecule has 0 aliphatic rings. The molecule has 2 N–H and O–H groups in total. The van der Waals surface area contributed by atoms with Gasteiger partial charge in [-0.05, 0) is 26.0 Å². The fraction of sp³-hybridized carbons (Fsp3) is 0.636. The number of nitrogens with one attached hydrogen (secondary N) is 1. The molecule has 7 heteroatoms.